The van der Waals surface area contributed by atoms with Crippen LogP contribution in [0.4, 0.5) is 5.69 Å². The first kappa shape index (κ1) is 15.9. The second kappa shape index (κ2) is 7.02. The molecular weight excluding hydrogens is 340 g/mol. The van der Waals surface area contributed by atoms with Gasteiger partial charge in [0, 0.05) is 10.5 Å². The normalized spacial score (nSPS) is 21.2. The van der Waals surface area contributed by atoms with Gasteiger partial charge < -0.3 is 20.5 Å². The number of likely N-dealkylation sites (N-methyl/N-ethyl adjacent to an activating group) is 1. The molecule has 21 heavy (non-hydrogen) atoms. The Hall–Kier alpha value is -1.44. The predicted octanol–water partition coefficient (Wildman–Crippen LogP) is 1.71. The summed E-state index contributed by atoms with van der Waals surface area (Å²) in [5, 5.41) is 15.0. The van der Waals surface area contributed by atoms with Crippen LogP contribution in [0.5, 0.6) is 0 Å². The molecule has 1 aromatic rings. The van der Waals surface area contributed by atoms with Crippen molar-refractivity contribution in [3.05, 3.63) is 28.2 Å². The maximum Gasteiger partial charge on any atom is 0.335 e. The molecule has 0 aliphatic carbocycles. The summed E-state index contributed by atoms with van der Waals surface area (Å²) in [7, 11) is 0. The first-order valence-corrected chi connectivity index (χ1v) is 7.47. The number of halogens is 1. The molecule has 0 radical (unpaired) electrons. The fourth-order valence-electron chi connectivity index (χ4n) is 2.26. The highest BCUT2D eigenvalue weighted by Crippen LogP contribution is 2.25. The number of hydrogen-bond donors (Lipinski definition) is 3. The van der Waals surface area contributed by atoms with Crippen LogP contribution in [0.15, 0.2) is 22.7 Å². The molecule has 1 aromatic carbocycles. The molecule has 0 saturated carbocycles. The highest BCUT2D eigenvalue weighted by Gasteiger charge is 2.33. The van der Waals surface area contributed by atoms with Gasteiger partial charge in [0.2, 0.25) is 5.91 Å². The summed E-state index contributed by atoms with van der Waals surface area (Å²) in [5.74, 6) is -1.50. The van der Waals surface area contributed by atoms with Crippen molar-refractivity contribution in [2.75, 3.05) is 25.1 Å². The van der Waals surface area contributed by atoms with Crippen molar-refractivity contribution >= 4 is 33.5 Å². The number of carboxylic acid groups (broad SMARTS) is 1. The quantitative estimate of drug-likeness (QED) is 0.747. The molecule has 1 aliphatic heterocycles. The Labute approximate surface area is 131 Å². The number of rotatable bonds is 5. The van der Waals surface area contributed by atoms with E-state index in [1.54, 1.807) is 6.07 Å². The van der Waals surface area contributed by atoms with E-state index in [-0.39, 0.29) is 23.4 Å². The van der Waals surface area contributed by atoms with Crippen molar-refractivity contribution in [1.29, 1.82) is 0 Å². The zero-order valence-electron chi connectivity index (χ0n) is 11.6. The Balaban J connectivity index is 2.12. The summed E-state index contributed by atoms with van der Waals surface area (Å²) in [6, 6.07) is 4.49. The highest BCUT2D eigenvalue weighted by molar-refractivity contribution is 9.10. The number of benzene rings is 1. The molecule has 7 heteroatoms. The first-order valence-electron chi connectivity index (χ1n) is 6.67. The van der Waals surface area contributed by atoms with E-state index >= 15 is 0 Å². The number of aromatic carboxylic acids is 1. The van der Waals surface area contributed by atoms with E-state index in [1.807, 2.05) is 6.92 Å². The van der Waals surface area contributed by atoms with Crippen LogP contribution in [0, 0.1) is 5.92 Å². The summed E-state index contributed by atoms with van der Waals surface area (Å²) in [4.78, 5) is 23.3. The lowest BCUT2D eigenvalue weighted by atomic mass is 10.0. The van der Waals surface area contributed by atoms with Gasteiger partial charge in [0.15, 0.2) is 0 Å². The fraction of sp³-hybridized carbons (Fsp3) is 0.429. The number of carboxylic acids is 1. The van der Waals surface area contributed by atoms with E-state index in [2.05, 4.69) is 26.6 Å². The number of nitrogens with one attached hydrogen (secondary N) is 2. The van der Waals surface area contributed by atoms with Gasteiger partial charge in [-0.15, -0.1) is 0 Å². The van der Waals surface area contributed by atoms with Gasteiger partial charge in [0.05, 0.1) is 30.4 Å². The number of anilines is 1. The topological polar surface area (TPSA) is 87.7 Å². The lowest BCUT2D eigenvalue weighted by Gasteiger charge is -2.18. The number of ether oxygens (including phenoxy) is 1. The van der Waals surface area contributed by atoms with Crippen molar-refractivity contribution < 1.29 is 19.4 Å². The van der Waals surface area contributed by atoms with Crippen molar-refractivity contribution in [3.8, 4) is 0 Å². The SMILES string of the molecule is CCNC1COCC1C(=O)Nc1cc(C(=O)O)ccc1Br. The van der Waals surface area contributed by atoms with Gasteiger partial charge in [0.1, 0.15) is 0 Å². The summed E-state index contributed by atoms with van der Waals surface area (Å²) >= 11 is 3.31. The minimum atomic E-state index is -1.03. The van der Waals surface area contributed by atoms with Gasteiger partial charge >= 0.3 is 5.97 Å². The Morgan fingerprint density at radius 2 is 2.19 bits per heavy atom. The number of carbonyl (C=O) groups is 2. The molecule has 1 aliphatic rings. The molecule has 1 amide bonds. The van der Waals surface area contributed by atoms with Crippen molar-refractivity contribution in [2.24, 2.45) is 5.92 Å². The van der Waals surface area contributed by atoms with E-state index in [0.717, 1.165) is 6.54 Å². The van der Waals surface area contributed by atoms with E-state index in [1.165, 1.54) is 12.1 Å². The van der Waals surface area contributed by atoms with Gasteiger partial charge in [-0.1, -0.05) is 6.92 Å². The van der Waals surface area contributed by atoms with Gasteiger partial charge in [0.25, 0.3) is 0 Å². The molecule has 3 N–H and O–H groups in total. The standard InChI is InChI=1S/C14H17BrN2O4/c1-2-16-12-7-21-6-9(12)13(18)17-11-5-8(14(19)20)3-4-10(11)15/h3-5,9,12,16H,2,6-7H2,1H3,(H,17,18)(H,19,20). The monoisotopic (exact) mass is 356 g/mol. The Kier molecular flexibility index (Phi) is 5.33. The molecule has 2 atom stereocenters. The maximum atomic E-state index is 12.3. The molecule has 0 bridgehead atoms. The van der Waals surface area contributed by atoms with Gasteiger partial charge in [-0.25, -0.2) is 4.79 Å². The third-order valence-corrected chi connectivity index (χ3v) is 4.05. The third kappa shape index (κ3) is 3.81. The van der Waals surface area contributed by atoms with Crippen molar-refractivity contribution in [1.82, 2.24) is 5.32 Å². The lowest BCUT2D eigenvalue weighted by molar-refractivity contribution is -0.120. The average molecular weight is 357 g/mol. The third-order valence-electron chi connectivity index (χ3n) is 3.35. The van der Waals surface area contributed by atoms with E-state index in [0.29, 0.717) is 23.4 Å². The first-order chi connectivity index (χ1) is 10.0. The molecule has 1 saturated heterocycles. The van der Waals surface area contributed by atoms with Crippen LogP contribution in [-0.2, 0) is 9.53 Å². The van der Waals surface area contributed by atoms with Crippen LogP contribution in [0.2, 0.25) is 0 Å². The zero-order chi connectivity index (χ0) is 15.4. The number of carbonyl (C=O) groups excluding carboxylic acids is 1. The van der Waals surface area contributed by atoms with Crippen molar-refractivity contribution in [3.63, 3.8) is 0 Å². The molecule has 114 valence electrons. The predicted molar refractivity (Wildman–Crippen MR) is 81.5 cm³/mol. The molecular formula is C14H17BrN2O4. The minimum Gasteiger partial charge on any atom is -0.478 e. The molecule has 2 rings (SSSR count). The number of amides is 1. The largest absolute Gasteiger partial charge is 0.478 e. The summed E-state index contributed by atoms with van der Waals surface area (Å²) in [5.41, 5.74) is 0.571. The fourth-order valence-corrected chi connectivity index (χ4v) is 2.60. The van der Waals surface area contributed by atoms with Crippen LogP contribution < -0.4 is 10.6 Å². The Bertz CT molecular complexity index is 550. The van der Waals surface area contributed by atoms with Crippen LogP contribution in [0.25, 0.3) is 0 Å². The average Bonchev–Trinajstić information content (AvgIpc) is 2.89. The molecule has 0 spiro atoms. The summed E-state index contributed by atoms with van der Waals surface area (Å²) in [6.45, 7) is 3.60. The van der Waals surface area contributed by atoms with Gasteiger partial charge in [-0.3, -0.25) is 4.79 Å². The van der Waals surface area contributed by atoms with Crippen LogP contribution >= 0.6 is 15.9 Å². The van der Waals surface area contributed by atoms with Gasteiger partial charge in [-0.2, -0.15) is 0 Å². The Morgan fingerprint density at radius 1 is 1.43 bits per heavy atom. The molecule has 0 aromatic heterocycles. The highest BCUT2D eigenvalue weighted by atomic mass is 79.9. The van der Waals surface area contributed by atoms with Crippen LogP contribution in [0.3, 0.4) is 0 Å². The van der Waals surface area contributed by atoms with Gasteiger partial charge in [-0.05, 0) is 40.7 Å². The zero-order valence-corrected chi connectivity index (χ0v) is 13.1. The molecule has 6 nitrogen and oxygen atoms in total. The van der Waals surface area contributed by atoms with E-state index < -0.39 is 5.97 Å². The molecule has 1 fully saturated rings. The minimum absolute atomic E-state index is 0.0172. The lowest BCUT2D eigenvalue weighted by Crippen LogP contribution is -2.41. The maximum absolute atomic E-state index is 12.3. The van der Waals surface area contributed by atoms with Crippen LogP contribution in [0.1, 0.15) is 17.3 Å². The number of hydrogen-bond acceptors (Lipinski definition) is 4. The van der Waals surface area contributed by atoms with Crippen molar-refractivity contribution in [2.45, 2.75) is 13.0 Å². The van der Waals surface area contributed by atoms with E-state index in [4.69, 9.17) is 9.84 Å². The van der Waals surface area contributed by atoms with Crippen LogP contribution in [-0.4, -0.2) is 42.8 Å². The molecule has 2 unspecified atom stereocenters. The summed E-state index contributed by atoms with van der Waals surface area (Å²) in [6.07, 6.45) is 0. The molecule has 1 heterocycles. The second-order valence-corrected chi connectivity index (χ2v) is 5.65. The summed E-state index contributed by atoms with van der Waals surface area (Å²) < 4.78 is 5.98. The smallest absolute Gasteiger partial charge is 0.335 e. The van der Waals surface area contributed by atoms with E-state index in [9.17, 15) is 9.59 Å². The Morgan fingerprint density at radius 3 is 2.86 bits per heavy atom. The second-order valence-electron chi connectivity index (χ2n) is 4.80.